The summed E-state index contributed by atoms with van der Waals surface area (Å²) in [5, 5.41) is 40.6. The van der Waals surface area contributed by atoms with Crippen LogP contribution in [0.4, 0.5) is 0 Å². The maximum absolute atomic E-state index is 9.62. The Kier molecular flexibility index (Phi) is 6.28. The topological polar surface area (TPSA) is 111 Å². The summed E-state index contributed by atoms with van der Waals surface area (Å²) < 4.78 is 10.4. The molecule has 7 heteroatoms. The first-order valence-corrected chi connectivity index (χ1v) is 5.74. The predicted octanol–water partition coefficient (Wildman–Crippen LogP) is -2.59. The van der Waals surface area contributed by atoms with Gasteiger partial charge in [-0.25, -0.2) is 0 Å². The molecule has 0 aliphatic carbocycles. The molecule has 0 bridgehead atoms. The van der Waals surface area contributed by atoms with Crippen LogP contribution in [0.1, 0.15) is 6.92 Å². The number of rotatable bonds is 6. The molecule has 0 saturated carbocycles. The van der Waals surface area contributed by atoms with Crippen LogP contribution >= 0.6 is 0 Å². The van der Waals surface area contributed by atoms with Crippen LogP contribution < -0.4 is 5.32 Å². The minimum atomic E-state index is -1.38. The summed E-state index contributed by atoms with van der Waals surface area (Å²) in [5.74, 6) is 0. The van der Waals surface area contributed by atoms with Crippen molar-refractivity contribution in [2.45, 2.75) is 37.6 Å². The molecule has 1 saturated heterocycles. The molecule has 1 heterocycles. The van der Waals surface area contributed by atoms with E-state index in [-0.39, 0.29) is 0 Å². The summed E-state index contributed by atoms with van der Waals surface area (Å²) in [7, 11) is 0. The molecule has 102 valence electrons. The smallest absolute Gasteiger partial charge is 0.186 e. The lowest BCUT2D eigenvalue weighted by atomic mass is 9.99. The van der Waals surface area contributed by atoms with Crippen LogP contribution in [-0.4, -0.2) is 77.4 Å². The average Bonchev–Trinajstić information content (AvgIpc) is 2.34. The lowest BCUT2D eigenvalue weighted by Crippen LogP contribution is -2.59. The Hall–Kier alpha value is -0.280. The highest BCUT2D eigenvalue weighted by Gasteiger charge is 2.43. The van der Waals surface area contributed by atoms with E-state index >= 15 is 0 Å². The molecular weight excluding hydrogens is 230 g/mol. The lowest BCUT2D eigenvalue weighted by Gasteiger charge is -2.39. The molecule has 0 amide bonds. The summed E-state index contributed by atoms with van der Waals surface area (Å²) in [4.78, 5) is 0. The van der Waals surface area contributed by atoms with E-state index in [9.17, 15) is 15.3 Å². The number of hydrogen-bond acceptors (Lipinski definition) is 7. The highest BCUT2D eigenvalue weighted by Crippen LogP contribution is 2.21. The number of nitrogens with one attached hydrogen (secondary N) is 1. The van der Waals surface area contributed by atoms with Crippen LogP contribution in [0.25, 0.3) is 0 Å². The fraction of sp³-hybridized carbons (Fsp3) is 1.00. The Morgan fingerprint density at radius 3 is 2.47 bits per heavy atom. The maximum Gasteiger partial charge on any atom is 0.186 e. The van der Waals surface area contributed by atoms with E-state index in [0.29, 0.717) is 13.2 Å². The molecule has 7 nitrogen and oxygen atoms in total. The molecule has 0 aromatic heterocycles. The van der Waals surface area contributed by atoms with E-state index < -0.39 is 37.3 Å². The number of aliphatic hydroxyl groups excluding tert-OH is 4. The minimum absolute atomic E-state index is 0.302. The molecule has 0 spiro atoms. The fourth-order valence-corrected chi connectivity index (χ4v) is 1.63. The normalized spacial score (nSPS) is 38.3. The standard InChI is InChI=1S/C10H21NO6/c1-2-11-3-4-16-10-9(15)8(14)7(13)6(5-12)17-10/h6-15H,2-5H2,1H3/t6?,7-,8?,9?,10-/m1/s1. The maximum atomic E-state index is 9.62. The summed E-state index contributed by atoms with van der Waals surface area (Å²) in [6.07, 6.45) is -6.01. The quantitative estimate of drug-likeness (QED) is 0.329. The largest absolute Gasteiger partial charge is 0.394 e. The van der Waals surface area contributed by atoms with Gasteiger partial charge in [0.1, 0.15) is 24.4 Å². The third kappa shape index (κ3) is 3.85. The summed E-state index contributed by atoms with van der Waals surface area (Å²) in [5.41, 5.74) is 0. The molecule has 0 aromatic carbocycles. The van der Waals surface area contributed by atoms with Crippen molar-refractivity contribution in [2.24, 2.45) is 0 Å². The van der Waals surface area contributed by atoms with E-state index in [1.165, 1.54) is 0 Å². The highest BCUT2D eigenvalue weighted by atomic mass is 16.7. The van der Waals surface area contributed by atoms with Gasteiger partial charge in [-0.15, -0.1) is 0 Å². The van der Waals surface area contributed by atoms with Crippen LogP contribution in [0.15, 0.2) is 0 Å². The van der Waals surface area contributed by atoms with Gasteiger partial charge in [0, 0.05) is 6.54 Å². The van der Waals surface area contributed by atoms with Gasteiger partial charge in [-0.1, -0.05) is 6.92 Å². The van der Waals surface area contributed by atoms with Crippen LogP contribution in [0.2, 0.25) is 0 Å². The number of ether oxygens (including phenoxy) is 2. The van der Waals surface area contributed by atoms with Gasteiger partial charge >= 0.3 is 0 Å². The van der Waals surface area contributed by atoms with Crippen molar-refractivity contribution in [2.75, 3.05) is 26.3 Å². The Morgan fingerprint density at radius 2 is 1.88 bits per heavy atom. The molecule has 0 radical (unpaired) electrons. The third-order valence-electron chi connectivity index (χ3n) is 2.66. The predicted molar refractivity (Wildman–Crippen MR) is 58.3 cm³/mol. The van der Waals surface area contributed by atoms with Crippen molar-refractivity contribution in [3.63, 3.8) is 0 Å². The molecule has 5 atom stereocenters. The Bertz CT molecular complexity index is 215. The van der Waals surface area contributed by atoms with Crippen molar-refractivity contribution in [1.29, 1.82) is 0 Å². The van der Waals surface area contributed by atoms with Gasteiger partial charge in [0.2, 0.25) is 0 Å². The summed E-state index contributed by atoms with van der Waals surface area (Å²) in [6, 6.07) is 0. The van der Waals surface area contributed by atoms with Gasteiger partial charge in [0.15, 0.2) is 6.29 Å². The van der Waals surface area contributed by atoms with Gasteiger partial charge in [-0.2, -0.15) is 0 Å². The Balaban J connectivity index is 2.42. The molecule has 0 aromatic rings. The highest BCUT2D eigenvalue weighted by molar-refractivity contribution is 4.88. The zero-order chi connectivity index (χ0) is 12.8. The monoisotopic (exact) mass is 251 g/mol. The average molecular weight is 251 g/mol. The second kappa shape index (κ2) is 7.22. The Morgan fingerprint density at radius 1 is 1.18 bits per heavy atom. The molecule has 1 rings (SSSR count). The first kappa shape index (κ1) is 14.8. The number of likely N-dealkylation sites (N-methyl/N-ethyl adjacent to an activating group) is 1. The molecule has 17 heavy (non-hydrogen) atoms. The zero-order valence-electron chi connectivity index (χ0n) is 9.82. The first-order valence-electron chi connectivity index (χ1n) is 5.74. The third-order valence-corrected chi connectivity index (χ3v) is 2.66. The van der Waals surface area contributed by atoms with E-state index in [4.69, 9.17) is 14.6 Å². The van der Waals surface area contributed by atoms with Crippen molar-refractivity contribution in [3.8, 4) is 0 Å². The zero-order valence-corrected chi connectivity index (χ0v) is 9.82. The van der Waals surface area contributed by atoms with Gasteiger partial charge < -0.3 is 35.2 Å². The molecule has 3 unspecified atom stereocenters. The van der Waals surface area contributed by atoms with Crippen molar-refractivity contribution >= 4 is 0 Å². The van der Waals surface area contributed by atoms with Crippen molar-refractivity contribution < 1.29 is 29.9 Å². The van der Waals surface area contributed by atoms with Crippen LogP contribution in [0.5, 0.6) is 0 Å². The molecular formula is C10H21NO6. The number of hydrogen-bond donors (Lipinski definition) is 5. The second-order valence-corrected chi connectivity index (χ2v) is 3.92. The molecule has 5 N–H and O–H groups in total. The van der Waals surface area contributed by atoms with E-state index in [1.807, 2.05) is 6.92 Å². The van der Waals surface area contributed by atoms with E-state index in [0.717, 1.165) is 6.54 Å². The van der Waals surface area contributed by atoms with E-state index in [2.05, 4.69) is 5.32 Å². The van der Waals surface area contributed by atoms with Crippen LogP contribution in [0, 0.1) is 0 Å². The SMILES string of the molecule is CCNCCO[C@@H]1OC(CO)[C@@H](O)C(O)C1O. The van der Waals surface area contributed by atoms with Crippen molar-refractivity contribution in [3.05, 3.63) is 0 Å². The Labute approximate surface area is 100.0 Å². The van der Waals surface area contributed by atoms with Crippen LogP contribution in [0.3, 0.4) is 0 Å². The van der Waals surface area contributed by atoms with Gasteiger partial charge in [0.05, 0.1) is 13.2 Å². The minimum Gasteiger partial charge on any atom is -0.394 e. The van der Waals surface area contributed by atoms with Gasteiger partial charge in [0.25, 0.3) is 0 Å². The van der Waals surface area contributed by atoms with E-state index in [1.54, 1.807) is 0 Å². The lowest BCUT2D eigenvalue weighted by molar-refractivity contribution is -0.300. The fourth-order valence-electron chi connectivity index (χ4n) is 1.63. The number of aliphatic hydroxyl groups is 4. The van der Waals surface area contributed by atoms with Gasteiger partial charge in [-0.3, -0.25) is 0 Å². The summed E-state index contributed by atoms with van der Waals surface area (Å²) >= 11 is 0. The summed E-state index contributed by atoms with van der Waals surface area (Å²) in [6.45, 7) is 3.20. The van der Waals surface area contributed by atoms with Crippen LogP contribution in [-0.2, 0) is 9.47 Å². The molecule has 1 aliphatic rings. The van der Waals surface area contributed by atoms with Crippen molar-refractivity contribution in [1.82, 2.24) is 5.32 Å². The van der Waals surface area contributed by atoms with Gasteiger partial charge in [-0.05, 0) is 6.54 Å². The first-order chi connectivity index (χ1) is 8.11. The second-order valence-electron chi connectivity index (χ2n) is 3.92. The molecule has 1 aliphatic heterocycles. The molecule has 1 fully saturated rings.